The molecule has 10 heavy (non-hydrogen) atoms. The standard InChI is InChI=1S/C7H8O3/c8-6-1-2-7-5(6)3-9-4-10-7/h1-4H2. The van der Waals surface area contributed by atoms with Crippen molar-refractivity contribution in [3.05, 3.63) is 11.3 Å². The van der Waals surface area contributed by atoms with Gasteiger partial charge in [0.2, 0.25) is 0 Å². The maximum absolute atomic E-state index is 11.0. The van der Waals surface area contributed by atoms with E-state index in [0.717, 1.165) is 17.8 Å². The minimum Gasteiger partial charge on any atom is -0.471 e. The highest BCUT2D eigenvalue weighted by atomic mass is 16.7. The molecule has 0 aromatic heterocycles. The number of carbonyl (C=O) groups is 1. The van der Waals surface area contributed by atoms with Crippen molar-refractivity contribution < 1.29 is 14.3 Å². The molecule has 0 N–H and O–H groups in total. The van der Waals surface area contributed by atoms with Crippen LogP contribution in [0.1, 0.15) is 12.8 Å². The Balaban J connectivity index is 2.29. The summed E-state index contributed by atoms with van der Waals surface area (Å²) >= 11 is 0. The van der Waals surface area contributed by atoms with Crippen LogP contribution >= 0.6 is 0 Å². The summed E-state index contributed by atoms with van der Waals surface area (Å²) in [6, 6.07) is 0. The van der Waals surface area contributed by atoms with E-state index < -0.39 is 0 Å². The number of Topliss-reactive ketones (excluding diaryl/α,β-unsaturated/α-hetero) is 1. The summed E-state index contributed by atoms with van der Waals surface area (Å²) in [4.78, 5) is 11.0. The maximum atomic E-state index is 11.0. The molecule has 0 atom stereocenters. The van der Waals surface area contributed by atoms with Gasteiger partial charge in [-0.05, 0) is 0 Å². The van der Waals surface area contributed by atoms with Crippen LogP contribution in [0.25, 0.3) is 0 Å². The highest BCUT2D eigenvalue weighted by Crippen LogP contribution is 2.26. The van der Waals surface area contributed by atoms with Crippen LogP contribution in [0.15, 0.2) is 11.3 Å². The number of ether oxygens (including phenoxy) is 2. The van der Waals surface area contributed by atoms with Crippen LogP contribution < -0.4 is 0 Å². The van der Waals surface area contributed by atoms with Crippen molar-refractivity contribution in [2.45, 2.75) is 12.8 Å². The molecule has 0 aromatic rings. The predicted molar refractivity (Wildman–Crippen MR) is 33.2 cm³/mol. The number of ketones is 1. The molecule has 3 nitrogen and oxygen atoms in total. The molecule has 0 spiro atoms. The largest absolute Gasteiger partial charge is 0.471 e. The Hall–Kier alpha value is -0.830. The first kappa shape index (κ1) is 5.92. The van der Waals surface area contributed by atoms with Gasteiger partial charge >= 0.3 is 0 Å². The first-order valence-electron chi connectivity index (χ1n) is 3.33. The van der Waals surface area contributed by atoms with E-state index in [1.807, 2.05) is 0 Å². The molecule has 0 amide bonds. The zero-order valence-corrected chi connectivity index (χ0v) is 5.55. The minimum atomic E-state index is 0.190. The third-order valence-electron chi connectivity index (χ3n) is 1.82. The summed E-state index contributed by atoms with van der Waals surface area (Å²) in [5.74, 6) is 1.05. The first-order valence-corrected chi connectivity index (χ1v) is 3.33. The highest BCUT2D eigenvalue weighted by molar-refractivity contribution is 5.98. The Morgan fingerprint density at radius 3 is 3.00 bits per heavy atom. The minimum absolute atomic E-state index is 0.190. The lowest BCUT2D eigenvalue weighted by molar-refractivity contribution is -0.116. The average molecular weight is 140 g/mol. The number of allylic oxidation sites excluding steroid dienone is 1. The van der Waals surface area contributed by atoms with Crippen molar-refractivity contribution in [2.24, 2.45) is 0 Å². The molecule has 2 aliphatic rings. The second-order valence-corrected chi connectivity index (χ2v) is 2.44. The summed E-state index contributed by atoms with van der Waals surface area (Å²) in [7, 11) is 0. The maximum Gasteiger partial charge on any atom is 0.188 e. The molecule has 0 fully saturated rings. The molecule has 54 valence electrons. The Kier molecular flexibility index (Phi) is 1.24. The second-order valence-electron chi connectivity index (χ2n) is 2.44. The second kappa shape index (κ2) is 2.09. The molecular formula is C7H8O3. The molecule has 1 heterocycles. The van der Waals surface area contributed by atoms with E-state index in [9.17, 15) is 4.79 Å². The monoisotopic (exact) mass is 140 g/mol. The van der Waals surface area contributed by atoms with Gasteiger partial charge in [-0.2, -0.15) is 0 Å². The van der Waals surface area contributed by atoms with Crippen LogP contribution in [0.3, 0.4) is 0 Å². The third-order valence-corrected chi connectivity index (χ3v) is 1.82. The fourth-order valence-corrected chi connectivity index (χ4v) is 1.26. The van der Waals surface area contributed by atoms with E-state index >= 15 is 0 Å². The normalized spacial score (nSPS) is 24.6. The average Bonchev–Trinajstić information content (AvgIpc) is 2.34. The molecule has 0 bridgehead atoms. The topological polar surface area (TPSA) is 35.5 Å². The fraction of sp³-hybridized carbons (Fsp3) is 0.571. The number of hydrogen-bond acceptors (Lipinski definition) is 3. The third kappa shape index (κ3) is 0.743. The lowest BCUT2D eigenvalue weighted by Gasteiger charge is -2.14. The Morgan fingerprint density at radius 2 is 2.20 bits per heavy atom. The van der Waals surface area contributed by atoms with Crippen molar-refractivity contribution in [2.75, 3.05) is 13.4 Å². The SMILES string of the molecule is O=C1CCC2=C1COCO2. The summed E-state index contributed by atoms with van der Waals surface area (Å²) in [5, 5.41) is 0. The molecule has 0 saturated carbocycles. The number of carbonyl (C=O) groups excluding carboxylic acids is 1. The van der Waals surface area contributed by atoms with E-state index in [1.165, 1.54) is 0 Å². The fourth-order valence-electron chi connectivity index (χ4n) is 1.26. The summed E-state index contributed by atoms with van der Waals surface area (Å²) in [5.41, 5.74) is 0.756. The highest BCUT2D eigenvalue weighted by Gasteiger charge is 2.26. The van der Waals surface area contributed by atoms with Gasteiger partial charge in [0.25, 0.3) is 0 Å². The molecule has 1 aliphatic heterocycles. The first-order chi connectivity index (χ1) is 4.88. The Labute approximate surface area is 58.6 Å². The zero-order valence-electron chi connectivity index (χ0n) is 5.55. The lowest BCUT2D eigenvalue weighted by Crippen LogP contribution is -2.13. The smallest absolute Gasteiger partial charge is 0.188 e. The van der Waals surface area contributed by atoms with Crippen molar-refractivity contribution in [3.63, 3.8) is 0 Å². The van der Waals surface area contributed by atoms with Gasteiger partial charge in [0.15, 0.2) is 12.6 Å². The van der Waals surface area contributed by atoms with Crippen LogP contribution in [0, 0.1) is 0 Å². The molecule has 3 heteroatoms. The van der Waals surface area contributed by atoms with Gasteiger partial charge in [-0.25, -0.2) is 0 Å². The van der Waals surface area contributed by atoms with Gasteiger partial charge in [0, 0.05) is 12.8 Å². The van der Waals surface area contributed by atoms with Gasteiger partial charge in [0.05, 0.1) is 12.2 Å². The van der Waals surface area contributed by atoms with Crippen molar-refractivity contribution in [3.8, 4) is 0 Å². The summed E-state index contributed by atoms with van der Waals surface area (Å²) in [6.45, 7) is 0.764. The molecule has 2 rings (SSSR count). The van der Waals surface area contributed by atoms with Gasteiger partial charge < -0.3 is 9.47 Å². The van der Waals surface area contributed by atoms with Gasteiger partial charge in [-0.3, -0.25) is 4.79 Å². The van der Waals surface area contributed by atoms with Crippen LogP contribution in [-0.4, -0.2) is 19.2 Å². The predicted octanol–water partition coefficient (Wildman–Crippen LogP) is 0.608. The quantitative estimate of drug-likeness (QED) is 0.494. The molecule has 0 aromatic carbocycles. The molecule has 1 aliphatic carbocycles. The van der Waals surface area contributed by atoms with Crippen LogP contribution in [-0.2, 0) is 14.3 Å². The molecule has 0 saturated heterocycles. The van der Waals surface area contributed by atoms with Crippen molar-refractivity contribution >= 4 is 5.78 Å². The zero-order chi connectivity index (χ0) is 6.97. The molecule has 0 unspecified atom stereocenters. The van der Waals surface area contributed by atoms with Crippen molar-refractivity contribution in [1.82, 2.24) is 0 Å². The van der Waals surface area contributed by atoms with E-state index in [0.29, 0.717) is 19.8 Å². The number of hydrogen-bond donors (Lipinski definition) is 0. The summed E-state index contributed by atoms with van der Waals surface area (Å²) in [6.07, 6.45) is 1.38. The van der Waals surface area contributed by atoms with Gasteiger partial charge in [-0.1, -0.05) is 0 Å². The Bertz CT molecular complexity index is 205. The molecule has 0 radical (unpaired) electrons. The van der Waals surface area contributed by atoms with Crippen LogP contribution in [0.5, 0.6) is 0 Å². The van der Waals surface area contributed by atoms with E-state index in [2.05, 4.69) is 0 Å². The van der Waals surface area contributed by atoms with E-state index in [4.69, 9.17) is 9.47 Å². The van der Waals surface area contributed by atoms with E-state index in [-0.39, 0.29) is 5.78 Å². The summed E-state index contributed by atoms with van der Waals surface area (Å²) < 4.78 is 10.1. The number of rotatable bonds is 0. The van der Waals surface area contributed by atoms with Gasteiger partial charge in [0.1, 0.15) is 5.76 Å². The lowest BCUT2D eigenvalue weighted by atomic mass is 10.2. The van der Waals surface area contributed by atoms with Gasteiger partial charge in [-0.15, -0.1) is 0 Å². The van der Waals surface area contributed by atoms with E-state index in [1.54, 1.807) is 0 Å². The van der Waals surface area contributed by atoms with Crippen LogP contribution in [0.4, 0.5) is 0 Å². The van der Waals surface area contributed by atoms with Crippen LogP contribution in [0.2, 0.25) is 0 Å². The Morgan fingerprint density at radius 1 is 1.30 bits per heavy atom. The van der Waals surface area contributed by atoms with Crippen molar-refractivity contribution in [1.29, 1.82) is 0 Å². The molecular weight excluding hydrogens is 132 g/mol.